The molecule has 0 atom stereocenters. The van der Waals surface area contributed by atoms with Crippen LogP contribution in [0.1, 0.15) is 29.2 Å². The van der Waals surface area contributed by atoms with Crippen LogP contribution in [0.25, 0.3) is 10.9 Å². The van der Waals surface area contributed by atoms with E-state index in [1.165, 1.54) is 5.56 Å². The largest absolute Gasteiger partial charge is 0.484 e. The number of rotatable bonds is 6. The van der Waals surface area contributed by atoms with Crippen molar-refractivity contribution in [2.45, 2.75) is 27.7 Å². The summed E-state index contributed by atoms with van der Waals surface area (Å²) in [5.41, 5.74) is 14.4. The number of hydrogen-bond acceptors (Lipinski definition) is 5. The van der Waals surface area contributed by atoms with Crippen molar-refractivity contribution in [3.05, 3.63) is 64.7 Å². The molecular formula is C22H24N4O2. The first-order chi connectivity index (χ1) is 13.3. The van der Waals surface area contributed by atoms with Gasteiger partial charge in [0.15, 0.2) is 6.61 Å². The fraction of sp³-hybridized carbons (Fsp3) is 0.227. The summed E-state index contributed by atoms with van der Waals surface area (Å²) in [6.45, 7) is 8.02. The number of nitrogens with zero attached hydrogens (tertiary/aromatic N) is 2. The zero-order valence-corrected chi connectivity index (χ0v) is 16.5. The van der Waals surface area contributed by atoms with Gasteiger partial charge < -0.3 is 10.5 Å². The molecule has 0 aliphatic carbocycles. The highest BCUT2D eigenvalue weighted by Gasteiger charge is 2.07. The molecular weight excluding hydrogens is 352 g/mol. The van der Waals surface area contributed by atoms with Crippen LogP contribution in [0.3, 0.4) is 0 Å². The standard InChI is InChI=1S/C22H24N4O2/c1-13-9-15(3)22-19(10-13)14(2)11-21(24-22)26-25-16(4)17-5-7-18(8-6-17)28-12-20(23)27/h5-11H,12H2,1-4H3,(H2,23,27)(H,24,26)/b25-16+. The first kappa shape index (κ1) is 19.4. The summed E-state index contributed by atoms with van der Waals surface area (Å²) in [7, 11) is 0. The Hall–Kier alpha value is -3.41. The summed E-state index contributed by atoms with van der Waals surface area (Å²) in [5, 5.41) is 5.62. The van der Waals surface area contributed by atoms with Gasteiger partial charge in [0.05, 0.1) is 11.2 Å². The molecule has 0 saturated carbocycles. The predicted octanol–water partition coefficient (Wildman–Crippen LogP) is 3.86. The first-order valence-corrected chi connectivity index (χ1v) is 9.04. The van der Waals surface area contributed by atoms with Crippen molar-refractivity contribution in [1.82, 2.24) is 4.98 Å². The Bertz CT molecular complexity index is 1060. The first-order valence-electron chi connectivity index (χ1n) is 9.04. The Kier molecular flexibility index (Phi) is 5.59. The second kappa shape index (κ2) is 8.08. The van der Waals surface area contributed by atoms with E-state index in [2.05, 4.69) is 43.4 Å². The van der Waals surface area contributed by atoms with E-state index in [1.54, 1.807) is 12.1 Å². The van der Waals surface area contributed by atoms with Gasteiger partial charge in [-0.2, -0.15) is 5.10 Å². The topological polar surface area (TPSA) is 89.6 Å². The van der Waals surface area contributed by atoms with Gasteiger partial charge in [0, 0.05) is 5.39 Å². The number of carbonyl (C=O) groups excluding carboxylic acids is 1. The maximum atomic E-state index is 10.8. The molecule has 0 fully saturated rings. The number of nitrogens with two attached hydrogens (primary N) is 1. The number of amides is 1. The molecule has 3 aromatic rings. The van der Waals surface area contributed by atoms with Crippen LogP contribution in [0.5, 0.6) is 5.75 Å². The number of ether oxygens (including phenoxy) is 1. The minimum Gasteiger partial charge on any atom is -0.484 e. The van der Waals surface area contributed by atoms with Crippen LogP contribution in [0.15, 0.2) is 47.6 Å². The molecule has 2 aromatic carbocycles. The molecule has 0 unspecified atom stereocenters. The number of hydrazone groups is 1. The van der Waals surface area contributed by atoms with E-state index in [4.69, 9.17) is 15.5 Å². The van der Waals surface area contributed by atoms with Crippen LogP contribution in [0, 0.1) is 20.8 Å². The van der Waals surface area contributed by atoms with Crippen LogP contribution in [-0.2, 0) is 4.79 Å². The molecule has 28 heavy (non-hydrogen) atoms. The van der Waals surface area contributed by atoms with Gasteiger partial charge in [-0.1, -0.05) is 11.6 Å². The minimum atomic E-state index is -0.505. The van der Waals surface area contributed by atoms with Crippen molar-refractivity contribution in [2.24, 2.45) is 10.8 Å². The predicted molar refractivity (Wildman–Crippen MR) is 113 cm³/mol. The van der Waals surface area contributed by atoms with E-state index in [1.807, 2.05) is 25.1 Å². The number of primary amides is 1. The maximum absolute atomic E-state index is 10.8. The van der Waals surface area contributed by atoms with Gasteiger partial charge >= 0.3 is 0 Å². The number of pyridine rings is 1. The highest BCUT2D eigenvalue weighted by molar-refractivity contribution is 5.99. The third kappa shape index (κ3) is 4.46. The lowest BCUT2D eigenvalue weighted by molar-refractivity contribution is -0.119. The average molecular weight is 376 g/mol. The molecule has 0 bridgehead atoms. The summed E-state index contributed by atoms with van der Waals surface area (Å²) < 4.78 is 5.27. The molecule has 1 amide bonds. The number of hydrogen-bond donors (Lipinski definition) is 2. The van der Waals surface area contributed by atoms with E-state index >= 15 is 0 Å². The maximum Gasteiger partial charge on any atom is 0.255 e. The summed E-state index contributed by atoms with van der Waals surface area (Å²) in [4.78, 5) is 15.5. The number of nitrogens with one attached hydrogen (secondary N) is 1. The highest BCUT2D eigenvalue weighted by Crippen LogP contribution is 2.24. The Morgan fingerprint density at radius 2 is 1.82 bits per heavy atom. The van der Waals surface area contributed by atoms with Gasteiger partial charge in [0.25, 0.3) is 5.91 Å². The third-order valence-electron chi connectivity index (χ3n) is 4.45. The number of carbonyl (C=O) groups is 1. The summed E-state index contributed by atoms with van der Waals surface area (Å²) in [6, 6.07) is 13.6. The molecule has 0 radical (unpaired) electrons. The number of anilines is 1. The van der Waals surface area contributed by atoms with Crippen molar-refractivity contribution >= 4 is 28.3 Å². The number of fused-ring (bicyclic) bond motifs is 1. The van der Waals surface area contributed by atoms with Crippen LogP contribution >= 0.6 is 0 Å². The molecule has 0 saturated heterocycles. The van der Waals surface area contributed by atoms with Crippen molar-refractivity contribution < 1.29 is 9.53 Å². The molecule has 1 heterocycles. The van der Waals surface area contributed by atoms with Crippen LogP contribution in [0.2, 0.25) is 0 Å². The number of aryl methyl sites for hydroxylation is 3. The van der Waals surface area contributed by atoms with Gasteiger partial charge in [-0.25, -0.2) is 4.98 Å². The number of benzene rings is 2. The quantitative estimate of drug-likeness (QED) is 0.505. The van der Waals surface area contributed by atoms with Gasteiger partial charge in [-0.05, 0) is 80.8 Å². The molecule has 0 aliphatic rings. The smallest absolute Gasteiger partial charge is 0.255 e. The lowest BCUT2D eigenvalue weighted by Gasteiger charge is -2.10. The second-order valence-corrected chi connectivity index (χ2v) is 6.89. The molecule has 6 nitrogen and oxygen atoms in total. The van der Waals surface area contributed by atoms with Crippen molar-refractivity contribution in [1.29, 1.82) is 0 Å². The molecule has 3 N–H and O–H groups in total. The zero-order chi connectivity index (χ0) is 20.3. The fourth-order valence-corrected chi connectivity index (χ4v) is 3.05. The third-order valence-corrected chi connectivity index (χ3v) is 4.45. The zero-order valence-electron chi connectivity index (χ0n) is 16.5. The molecule has 144 valence electrons. The normalized spacial score (nSPS) is 11.5. The minimum absolute atomic E-state index is 0.139. The van der Waals surface area contributed by atoms with E-state index in [0.717, 1.165) is 33.3 Å². The van der Waals surface area contributed by atoms with E-state index in [9.17, 15) is 4.79 Å². The monoisotopic (exact) mass is 376 g/mol. The van der Waals surface area contributed by atoms with Crippen LogP contribution < -0.4 is 15.9 Å². The lowest BCUT2D eigenvalue weighted by atomic mass is 10.0. The lowest BCUT2D eigenvalue weighted by Crippen LogP contribution is -2.20. The molecule has 6 heteroatoms. The summed E-state index contributed by atoms with van der Waals surface area (Å²) >= 11 is 0. The summed E-state index contributed by atoms with van der Waals surface area (Å²) in [6.07, 6.45) is 0. The Balaban J connectivity index is 1.78. The fourth-order valence-electron chi connectivity index (χ4n) is 3.05. The second-order valence-electron chi connectivity index (χ2n) is 6.89. The number of aromatic nitrogens is 1. The highest BCUT2D eigenvalue weighted by atomic mass is 16.5. The van der Waals surface area contributed by atoms with Crippen molar-refractivity contribution in [3.63, 3.8) is 0 Å². The average Bonchev–Trinajstić information content (AvgIpc) is 2.65. The van der Waals surface area contributed by atoms with Gasteiger partial charge in [0.2, 0.25) is 0 Å². The van der Waals surface area contributed by atoms with Gasteiger partial charge in [-0.3, -0.25) is 10.2 Å². The van der Waals surface area contributed by atoms with E-state index < -0.39 is 5.91 Å². The van der Waals surface area contributed by atoms with Crippen molar-refractivity contribution in [3.8, 4) is 5.75 Å². The molecule has 0 spiro atoms. The molecule has 0 aliphatic heterocycles. The van der Waals surface area contributed by atoms with Gasteiger partial charge in [0.1, 0.15) is 11.6 Å². The SMILES string of the molecule is C/C(=N\Nc1cc(C)c2cc(C)cc(C)c2n1)c1ccc(OCC(N)=O)cc1. The molecule has 3 rings (SSSR count). The summed E-state index contributed by atoms with van der Waals surface area (Å²) in [5.74, 6) is 0.785. The van der Waals surface area contributed by atoms with Gasteiger partial charge in [-0.15, -0.1) is 0 Å². The van der Waals surface area contributed by atoms with Crippen LogP contribution in [-0.4, -0.2) is 23.2 Å². The Morgan fingerprint density at radius 3 is 2.50 bits per heavy atom. The Morgan fingerprint density at radius 1 is 1.11 bits per heavy atom. The molecule has 1 aromatic heterocycles. The Labute approximate surface area is 164 Å². The van der Waals surface area contributed by atoms with Crippen LogP contribution in [0.4, 0.5) is 5.82 Å². The van der Waals surface area contributed by atoms with Crippen molar-refractivity contribution in [2.75, 3.05) is 12.0 Å². The van der Waals surface area contributed by atoms with E-state index in [0.29, 0.717) is 11.6 Å². The van der Waals surface area contributed by atoms with E-state index in [-0.39, 0.29) is 6.61 Å².